The topological polar surface area (TPSA) is 108 Å². The molecule has 2 amide bonds. The van der Waals surface area contributed by atoms with Crippen molar-refractivity contribution in [1.29, 1.82) is 0 Å². The number of carbonyl (C=O) groups is 2. The number of sulfonamides is 1. The van der Waals surface area contributed by atoms with E-state index in [9.17, 15) is 18.0 Å². The summed E-state index contributed by atoms with van der Waals surface area (Å²) >= 11 is 0. The second-order valence-electron chi connectivity index (χ2n) is 7.79. The first-order chi connectivity index (χ1) is 15.7. The van der Waals surface area contributed by atoms with Gasteiger partial charge in [0.15, 0.2) is 0 Å². The van der Waals surface area contributed by atoms with E-state index in [0.29, 0.717) is 29.6 Å². The first kappa shape index (κ1) is 24.3. The predicted molar refractivity (Wildman–Crippen MR) is 127 cm³/mol. The van der Waals surface area contributed by atoms with Gasteiger partial charge >= 0.3 is 0 Å². The minimum absolute atomic E-state index is 0.0203. The highest BCUT2D eigenvalue weighted by Gasteiger charge is 2.23. The van der Waals surface area contributed by atoms with Crippen molar-refractivity contribution in [1.82, 2.24) is 20.1 Å². The number of pyridine rings is 1. The van der Waals surface area contributed by atoms with Crippen LogP contribution < -0.4 is 10.9 Å². The number of hydrogen-bond acceptors (Lipinski definition) is 5. The molecule has 33 heavy (non-hydrogen) atoms. The van der Waals surface area contributed by atoms with Crippen LogP contribution in [0.3, 0.4) is 0 Å². The Hall–Kier alpha value is -3.30. The molecule has 8 nitrogen and oxygen atoms in total. The number of fused-ring (bicyclic) bond motifs is 1. The Balaban J connectivity index is 1.82. The van der Waals surface area contributed by atoms with Crippen LogP contribution in [0.25, 0.3) is 10.9 Å². The zero-order valence-electron chi connectivity index (χ0n) is 19.1. The lowest BCUT2D eigenvalue weighted by Crippen LogP contribution is -2.41. The Morgan fingerprint density at radius 1 is 0.939 bits per heavy atom. The van der Waals surface area contributed by atoms with E-state index in [2.05, 4.69) is 15.8 Å². The number of benzene rings is 2. The van der Waals surface area contributed by atoms with Gasteiger partial charge in [0.25, 0.3) is 11.8 Å². The highest BCUT2D eigenvalue weighted by atomic mass is 32.2. The lowest BCUT2D eigenvalue weighted by Gasteiger charge is -2.18. The first-order valence-electron chi connectivity index (χ1n) is 10.8. The van der Waals surface area contributed by atoms with Crippen LogP contribution >= 0.6 is 0 Å². The number of hydrogen-bond donors (Lipinski definition) is 2. The van der Waals surface area contributed by atoms with E-state index in [1.807, 2.05) is 32.0 Å². The number of amides is 2. The molecule has 3 rings (SSSR count). The molecule has 0 spiro atoms. The third kappa shape index (κ3) is 5.20. The molecule has 1 heterocycles. The van der Waals surface area contributed by atoms with Crippen LogP contribution in [0, 0.1) is 0 Å². The molecule has 0 aliphatic carbocycles. The van der Waals surface area contributed by atoms with Gasteiger partial charge in [-0.2, -0.15) is 4.31 Å². The smallest absolute Gasteiger partial charge is 0.267 e. The summed E-state index contributed by atoms with van der Waals surface area (Å²) < 4.78 is 26.8. The molecule has 9 heteroatoms. The fourth-order valence-corrected chi connectivity index (χ4v) is 4.95. The van der Waals surface area contributed by atoms with Gasteiger partial charge in [-0.3, -0.25) is 25.4 Å². The Morgan fingerprint density at radius 3 is 2.27 bits per heavy atom. The summed E-state index contributed by atoms with van der Waals surface area (Å²) in [6, 6.07) is 14.7. The van der Waals surface area contributed by atoms with Crippen molar-refractivity contribution in [2.45, 2.75) is 38.5 Å². The largest absolute Gasteiger partial charge is 0.270 e. The van der Waals surface area contributed by atoms with Gasteiger partial charge in [-0.25, -0.2) is 8.42 Å². The molecule has 0 aliphatic rings. The molecule has 1 aromatic heterocycles. The number of nitrogens with zero attached hydrogens (tertiary/aromatic N) is 2. The molecule has 174 valence electrons. The summed E-state index contributed by atoms with van der Waals surface area (Å²) in [6.45, 7) is 8.12. The molecule has 0 saturated heterocycles. The van der Waals surface area contributed by atoms with Crippen LogP contribution in [0.2, 0.25) is 0 Å². The van der Waals surface area contributed by atoms with Crippen LogP contribution in [0.15, 0.2) is 59.5 Å². The standard InChI is InChI=1S/C24H28N4O4S/c1-5-28(6-2)33(31,32)18-11-9-10-17(14-18)23(29)26-27-24(30)20-15-22(16(3)4)25-21-13-8-7-12-19(20)21/h7-16H,5-6H2,1-4H3,(H,26,29)(H,27,30). The van der Waals surface area contributed by atoms with Crippen molar-refractivity contribution in [2.24, 2.45) is 0 Å². The summed E-state index contributed by atoms with van der Waals surface area (Å²) in [5.41, 5.74) is 6.77. The molecule has 0 atom stereocenters. The van der Waals surface area contributed by atoms with Crippen LogP contribution in [0.4, 0.5) is 0 Å². The average molecular weight is 469 g/mol. The molecular formula is C24H28N4O4S. The second-order valence-corrected chi connectivity index (χ2v) is 9.73. The highest BCUT2D eigenvalue weighted by molar-refractivity contribution is 7.89. The number of hydrazine groups is 1. The van der Waals surface area contributed by atoms with E-state index in [-0.39, 0.29) is 16.4 Å². The molecule has 0 bridgehead atoms. The summed E-state index contributed by atoms with van der Waals surface area (Å²) in [6.07, 6.45) is 0. The SMILES string of the molecule is CCN(CC)S(=O)(=O)c1cccc(C(=O)NNC(=O)c2cc(C(C)C)nc3ccccc23)c1. The molecule has 0 fully saturated rings. The molecule has 0 unspecified atom stereocenters. The zero-order valence-corrected chi connectivity index (χ0v) is 19.9. The van der Waals surface area contributed by atoms with Crippen molar-refractivity contribution < 1.29 is 18.0 Å². The van der Waals surface area contributed by atoms with Gasteiger partial charge in [0.2, 0.25) is 10.0 Å². The predicted octanol–water partition coefficient (Wildman–Crippen LogP) is 3.46. The minimum Gasteiger partial charge on any atom is -0.267 e. The first-order valence-corrected chi connectivity index (χ1v) is 12.2. The third-order valence-corrected chi connectivity index (χ3v) is 7.35. The maximum atomic E-state index is 12.9. The van der Waals surface area contributed by atoms with Crippen molar-refractivity contribution in [3.05, 3.63) is 71.4 Å². The van der Waals surface area contributed by atoms with E-state index in [0.717, 1.165) is 5.69 Å². The fourth-order valence-electron chi connectivity index (χ4n) is 3.44. The summed E-state index contributed by atoms with van der Waals surface area (Å²) in [7, 11) is -3.71. The average Bonchev–Trinajstić information content (AvgIpc) is 2.82. The fraction of sp³-hybridized carbons (Fsp3) is 0.292. The van der Waals surface area contributed by atoms with Crippen LogP contribution in [-0.2, 0) is 10.0 Å². The van der Waals surface area contributed by atoms with E-state index >= 15 is 0 Å². The highest BCUT2D eigenvalue weighted by Crippen LogP contribution is 2.22. The Bertz CT molecular complexity index is 1280. The van der Waals surface area contributed by atoms with Crippen molar-refractivity contribution in [3.8, 4) is 0 Å². The third-order valence-electron chi connectivity index (χ3n) is 5.30. The molecule has 3 aromatic rings. The number of aromatic nitrogens is 1. The van der Waals surface area contributed by atoms with Gasteiger partial charge in [-0.05, 0) is 36.2 Å². The molecule has 0 radical (unpaired) electrons. The van der Waals surface area contributed by atoms with Gasteiger partial charge < -0.3 is 0 Å². The summed E-state index contributed by atoms with van der Waals surface area (Å²) in [4.78, 5) is 30.2. The number of rotatable bonds is 7. The molecule has 0 saturated carbocycles. The van der Waals surface area contributed by atoms with Crippen LogP contribution in [0.5, 0.6) is 0 Å². The maximum Gasteiger partial charge on any atom is 0.270 e. The van der Waals surface area contributed by atoms with E-state index in [1.165, 1.54) is 28.6 Å². The van der Waals surface area contributed by atoms with Crippen molar-refractivity contribution in [2.75, 3.05) is 13.1 Å². The molecule has 0 aliphatic heterocycles. The quantitative estimate of drug-likeness (QED) is 0.516. The Morgan fingerprint density at radius 2 is 1.61 bits per heavy atom. The van der Waals surface area contributed by atoms with Crippen LogP contribution in [0.1, 0.15) is 60.0 Å². The number of para-hydroxylation sites is 1. The van der Waals surface area contributed by atoms with Gasteiger partial charge in [0, 0.05) is 29.7 Å². The van der Waals surface area contributed by atoms with Crippen molar-refractivity contribution in [3.63, 3.8) is 0 Å². The number of carbonyl (C=O) groups excluding carboxylic acids is 2. The lowest BCUT2D eigenvalue weighted by molar-refractivity contribution is 0.0847. The van der Waals surface area contributed by atoms with E-state index in [1.54, 1.807) is 26.0 Å². The monoisotopic (exact) mass is 468 g/mol. The van der Waals surface area contributed by atoms with Crippen LogP contribution in [-0.4, -0.2) is 42.6 Å². The maximum absolute atomic E-state index is 12.9. The summed E-state index contributed by atoms with van der Waals surface area (Å²) in [5, 5.41) is 0.668. The normalized spacial score (nSPS) is 11.7. The van der Waals surface area contributed by atoms with Gasteiger partial charge in [-0.15, -0.1) is 0 Å². The van der Waals surface area contributed by atoms with Gasteiger partial charge in [-0.1, -0.05) is 52.0 Å². The minimum atomic E-state index is -3.71. The van der Waals surface area contributed by atoms with Gasteiger partial charge in [0.05, 0.1) is 16.0 Å². The molecular weight excluding hydrogens is 440 g/mol. The van der Waals surface area contributed by atoms with E-state index < -0.39 is 21.8 Å². The van der Waals surface area contributed by atoms with Crippen molar-refractivity contribution >= 4 is 32.7 Å². The second kappa shape index (κ2) is 10.1. The number of nitrogens with one attached hydrogen (secondary N) is 2. The Labute approximate surface area is 194 Å². The summed E-state index contributed by atoms with van der Waals surface area (Å²) in [5.74, 6) is -0.996. The Kier molecular flexibility index (Phi) is 7.45. The lowest BCUT2D eigenvalue weighted by atomic mass is 10.0. The van der Waals surface area contributed by atoms with E-state index in [4.69, 9.17) is 0 Å². The molecule has 2 aromatic carbocycles. The zero-order chi connectivity index (χ0) is 24.2. The molecule has 2 N–H and O–H groups in total. The van der Waals surface area contributed by atoms with Gasteiger partial charge in [0.1, 0.15) is 0 Å².